The Bertz CT molecular complexity index is 289. The number of rotatable bonds is 4. The Hall–Kier alpha value is -0.900. The Labute approximate surface area is 90.8 Å². The zero-order valence-corrected chi connectivity index (χ0v) is 9.07. The maximum absolute atomic E-state index is 5.39. The summed E-state index contributed by atoms with van der Waals surface area (Å²) < 4.78 is 5.39. The molecule has 2 N–H and O–H groups in total. The van der Waals surface area contributed by atoms with Gasteiger partial charge in [0, 0.05) is 32.8 Å². The van der Waals surface area contributed by atoms with Gasteiger partial charge in [-0.05, 0) is 5.56 Å². The maximum Gasteiger partial charge on any atom is 0.0860 e. The molecule has 1 fully saturated rings. The Morgan fingerprint density at radius 1 is 1.33 bits per heavy atom. The van der Waals surface area contributed by atoms with Gasteiger partial charge in [-0.25, -0.2) is 0 Å². The first kappa shape index (κ1) is 10.6. The topological polar surface area (TPSA) is 33.3 Å². The van der Waals surface area contributed by atoms with E-state index in [-0.39, 0.29) is 0 Å². The Morgan fingerprint density at radius 3 is 2.87 bits per heavy atom. The van der Waals surface area contributed by atoms with Crippen molar-refractivity contribution in [3.63, 3.8) is 0 Å². The van der Waals surface area contributed by atoms with Crippen molar-refractivity contribution in [2.75, 3.05) is 20.2 Å². The van der Waals surface area contributed by atoms with Crippen molar-refractivity contribution in [3.8, 4) is 0 Å². The van der Waals surface area contributed by atoms with E-state index in [1.54, 1.807) is 7.11 Å². The highest BCUT2D eigenvalue weighted by Gasteiger charge is 2.25. The van der Waals surface area contributed by atoms with E-state index in [1.807, 2.05) is 6.07 Å². The van der Waals surface area contributed by atoms with Crippen LogP contribution >= 0.6 is 0 Å². The molecule has 2 atom stereocenters. The van der Waals surface area contributed by atoms with Crippen LogP contribution in [0, 0.1) is 0 Å². The van der Waals surface area contributed by atoms with E-state index in [4.69, 9.17) is 4.74 Å². The van der Waals surface area contributed by atoms with Crippen LogP contribution in [0.25, 0.3) is 0 Å². The molecule has 0 unspecified atom stereocenters. The third kappa shape index (κ3) is 2.78. The maximum atomic E-state index is 5.39. The Kier molecular flexibility index (Phi) is 3.72. The molecule has 0 aliphatic carbocycles. The minimum Gasteiger partial charge on any atom is -0.378 e. The van der Waals surface area contributed by atoms with E-state index in [2.05, 4.69) is 34.9 Å². The Balaban J connectivity index is 1.83. The first-order valence-corrected chi connectivity index (χ1v) is 5.41. The second kappa shape index (κ2) is 5.26. The molecule has 2 rings (SSSR count). The van der Waals surface area contributed by atoms with Crippen LogP contribution in [0.2, 0.25) is 0 Å². The van der Waals surface area contributed by atoms with E-state index >= 15 is 0 Å². The first-order chi connectivity index (χ1) is 7.40. The summed E-state index contributed by atoms with van der Waals surface area (Å²) in [6.45, 7) is 2.85. The summed E-state index contributed by atoms with van der Waals surface area (Å²) in [5, 5.41) is 6.83. The molecular formula is C12H18N2O. The van der Waals surface area contributed by atoms with E-state index in [0.717, 1.165) is 19.6 Å². The van der Waals surface area contributed by atoms with Crippen LogP contribution in [0.15, 0.2) is 30.3 Å². The van der Waals surface area contributed by atoms with Crippen molar-refractivity contribution in [2.24, 2.45) is 0 Å². The molecule has 3 heteroatoms. The molecule has 0 bridgehead atoms. The minimum absolute atomic E-state index is 0.300. The SMILES string of the molecule is CO[C@@H]1CNC[C@@H]1NCc1ccccc1. The predicted octanol–water partition coefficient (Wildman–Crippen LogP) is 0.763. The predicted molar refractivity (Wildman–Crippen MR) is 60.7 cm³/mol. The fraction of sp³-hybridized carbons (Fsp3) is 0.500. The third-order valence-electron chi connectivity index (χ3n) is 2.87. The van der Waals surface area contributed by atoms with Crippen LogP contribution in [0.3, 0.4) is 0 Å². The van der Waals surface area contributed by atoms with Gasteiger partial charge >= 0.3 is 0 Å². The zero-order chi connectivity index (χ0) is 10.5. The molecule has 0 amide bonds. The number of hydrogen-bond donors (Lipinski definition) is 2. The van der Waals surface area contributed by atoms with Gasteiger partial charge in [0.05, 0.1) is 6.10 Å². The van der Waals surface area contributed by atoms with Gasteiger partial charge in [-0.2, -0.15) is 0 Å². The second-order valence-corrected chi connectivity index (χ2v) is 3.91. The number of methoxy groups -OCH3 is 1. The molecule has 15 heavy (non-hydrogen) atoms. The highest BCUT2D eigenvalue weighted by atomic mass is 16.5. The number of hydrogen-bond acceptors (Lipinski definition) is 3. The van der Waals surface area contributed by atoms with Gasteiger partial charge in [0.2, 0.25) is 0 Å². The van der Waals surface area contributed by atoms with E-state index in [9.17, 15) is 0 Å². The van der Waals surface area contributed by atoms with Crippen molar-refractivity contribution < 1.29 is 4.74 Å². The van der Waals surface area contributed by atoms with Crippen LogP contribution in [0.1, 0.15) is 5.56 Å². The van der Waals surface area contributed by atoms with Gasteiger partial charge in [0.1, 0.15) is 0 Å². The van der Waals surface area contributed by atoms with Crippen LogP contribution < -0.4 is 10.6 Å². The minimum atomic E-state index is 0.300. The molecule has 1 aromatic rings. The molecule has 1 heterocycles. The molecule has 1 aromatic carbocycles. The fourth-order valence-corrected chi connectivity index (χ4v) is 1.95. The van der Waals surface area contributed by atoms with Crippen molar-refractivity contribution in [3.05, 3.63) is 35.9 Å². The van der Waals surface area contributed by atoms with E-state index in [1.165, 1.54) is 5.56 Å². The first-order valence-electron chi connectivity index (χ1n) is 5.41. The van der Waals surface area contributed by atoms with Crippen LogP contribution in [0.5, 0.6) is 0 Å². The lowest BCUT2D eigenvalue weighted by molar-refractivity contribution is 0.0959. The highest BCUT2D eigenvalue weighted by molar-refractivity contribution is 5.14. The molecule has 0 saturated carbocycles. The standard InChI is InChI=1S/C12H18N2O/c1-15-12-9-13-8-11(12)14-7-10-5-3-2-4-6-10/h2-6,11-14H,7-9H2,1H3/t11-,12+/m0/s1. The average molecular weight is 206 g/mol. The Morgan fingerprint density at radius 2 is 2.13 bits per heavy atom. The van der Waals surface area contributed by atoms with Crippen molar-refractivity contribution in [1.29, 1.82) is 0 Å². The van der Waals surface area contributed by atoms with Crippen molar-refractivity contribution in [2.45, 2.75) is 18.7 Å². The van der Waals surface area contributed by atoms with Crippen molar-refractivity contribution >= 4 is 0 Å². The monoisotopic (exact) mass is 206 g/mol. The summed E-state index contributed by atoms with van der Waals surface area (Å²) in [4.78, 5) is 0. The molecule has 3 nitrogen and oxygen atoms in total. The molecule has 0 aromatic heterocycles. The number of benzene rings is 1. The molecular weight excluding hydrogens is 188 g/mol. The quantitative estimate of drug-likeness (QED) is 0.763. The smallest absolute Gasteiger partial charge is 0.0860 e. The number of nitrogens with one attached hydrogen (secondary N) is 2. The second-order valence-electron chi connectivity index (χ2n) is 3.91. The highest BCUT2D eigenvalue weighted by Crippen LogP contribution is 2.05. The molecule has 0 radical (unpaired) electrons. The largest absolute Gasteiger partial charge is 0.378 e. The summed E-state index contributed by atoms with van der Waals surface area (Å²) in [6, 6.07) is 10.9. The van der Waals surface area contributed by atoms with Crippen LogP contribution in [0.4, 0.5) is 0 Å². The lowest BCUT2D eigenvalue weighted by atomic mass is 10.2. The average Bonchev–Trinajstić information content (AvgIpc) is 2.75. The normalized spacial score (nSPS) is 25.7. The fourth-order valence-electron chi connectivity index (χ4n) is 1.95. The van der Waals surface area contributed by atoms with Gasteiger partial charge in [-0.3, -0.25) is 0 Å². The molecule has 82 valence electrons. The summed E-state index contributed by atoms with van der Waals surface area (Å²) in [5.74, 6) is 0. The summed E-state index contributed by atoms with van der Waals surface area (Å²) in [7, 11) is 1.77. The van der Waals surface area contributed by atoms with Gasteiger partial charge in [0.25, 0.3) is 0 Å². The van der Waals surface area contributed by atoms with Gasteiger partial charge in [-0.15, -0.1) is 0 Å². The van der Waals surface area contributed by atoms with Gasteiger partial charge < -0.3 is 15.4 Å². The van der Waals surface area contributed by atoms with Crippen molar-refractivity contribution in [1.82, 2.24) is 10.6 Å². The summed E-state index contributed by atoms with van der Waals surface area (Å²) >= 11 is 0. The number of ether oxygens (including phenoxy) is 1. The molecule has 1 aliphatic heterocycles. The molecule has 1 aliphatic rings. The van der Waals surface area contributed by atoms with Crippen LogP contribution in [-0.4, -0.2) is 32.3 Å². The summed E-state index contributed by atoms with van der Waals surface area (Å²) in [6.07, 6.45) is 0.300. The van der Waals surface area contributed by atoms with Gasteiger partial charge in [0.15, 0.2) is 0 Å². The lowest BCUT2D eigenvalue weighted by Crippen LogP contribution is -2.39. The van der Waals surface area contributed by atoms with Gasteiger partial charge in [-0.1, -0.05) is 30.3 Å². The molecule has 0 spiro atoms. The third-order valence-corrected chi connectivity index (χ3v) is 2.87. The van der Waals surface area contributed by atoms with Crippen LogP contribution in [-0.2, 0) is 11.3 Å². The van der Waals surface area contributed by atoms with E-state index in [0.29, 0.717) is 12.1 Å². The molecule has 1 saturated heterocycles. The zero-order valence-electron chi connectivity index (χ0n) is 9.07. The van der Waals surface area contributed by atoms with E-state index < -0.39 is 0 Å². The lowest BCUT2D eigenvalue weighted by Gasteiger charge is -2.18. The summed E-state index contributed by atoms with van der Waals surface area (Å²) in [5.41, 5.74) is 1.32.